The highest BCUT2D eigenvalue weighted by Crippen LogP contribution is 2.33. The van der Waals surface area contributed by atoms with Gasteiger partial charge in [0.05, 0.1) is 5.56 Å². The Bertz CT molecular complexity index is 531. The number of nitrogens with zero attached hydrogens (tertiary/aromatic N) is 1. The minimum absolute atomic E-state index is 0.323. The van der Waals surface area contributed by atoms with Gasteiger partial charge in [0, 0.05) is 4.88 Å². The molecule has 0 N–H and O–H groups in total. The summed E-state index contributed by atoms with van der Waals surface area (Å²) in [6.07, 6.45) is -4.33. The third kappa shape index (κ3) is 3.02. The summed E-state index contributed by atoms with van der Waals surface area (Å²) >= 11 is 4.55. The van der Waals surface area contributed by atoms with Gasteiger partial charge in [-0.2, -0.15) is 18.2 Å². The molecule has 1 heterocycles. The fraction of sp³-hybridized carbons (Fsp3) is 0.182. The number of hydrogen-bond acceptors (Lipinski definition) is 3. The van der Waals surface area contributed by atoms with Crippen LogP contribution in [-0.2, 0) is 6.18 Å². The van der Waals surface area contributed by atoms with Gasteiger partial charge in [0.1, 0.15) is 10.4 Å². The van der Waals surface area contributed by atoms with Crippen LogP contribution in [0, 0.1) is 6.92 Å². The largest absolute Gasteiger partial charge is 0.431 e. The molecule has 0 unspecified atom stereocenters. The fourth-order valence-corrected chi connectivity index (χ4v) is 2.40. The quantitative estimate of drug-likeness (QED) is 0.767. The molecule has 18 heavy (non-hydrogen) atoms. The number of hydrogen-bond donors (Lipinski definition) is 0. The summed E-state index contributed by atoms with van der Waals surface area (Å²) in [5.74, 6) is 0.323. The molecule has 0 saturated heterocycles. The topological polar surface area (TPSA) is 22.1 Å². The Kier molecular flexibility index (Phi) is 3.63. The molecule has 0 aliphatic heterocycles. The first-order valence-electron chi connectivity index (χ1n) is 4.84. The van der Waals surface area contributed by atoms with Crippen LogP contribution in [-0.4, -0.2) is 4.98 Å². The second kappa shape index (κ2) is 4.89. The molecule has 0 amide bonds. The Morgan fingerprint density at radius 1 is 1.22 bits per heavy atom. The summed E-state index contributed by atoms with van der Waals surface area (Å²) < 4.78 is 43.1. The van der Waals surface area contributed by atoms with Gasteiger partial charge < -0.3 is 4.74 Å². The number of benzene rings is 1. The van der Waals surface area contributed by atoms with E-state index >= 15 is 0 Å². The second-order valence-electron chi connectivity index (χ2n) is 3.45. The third-order valence-electron chi connectivity index (χ3n) is 2.11. The molecule has 0 aliphatic carbocycles. The van der Waals surface area contributed by atoms with E-state index in [1.807, 2.05) is 6.92 Å². The second-order valence-corrected chi connectivity index (χ2v) is 5.37. The minimum atomic E-state index is -4.33. The van der Waals surface area contributed by atoms with Crippen molar-refractivity contribution in [2.45, 2.75) is 13.1 Å². The van der Waals surface area contributed by atoms with Crippen molar-refractivity contribution in [2.75, 3.05) is 0 Å². The van der Waals surface area contributed by atoms with Crippen LogP contribution in [0.3, 0.4) is 0 Å². The van der Waals surface area contributed by atoms with Crippen molar-refractivity contribution in [1.29, 1.82) is 0 Å². The molecule has 2 aromatic rings. The lowest BCUT2D eigenvalue weighted by Gasteiger charge is -2.07. The summed E-state index contributed by atoms with van der Waals surface area (Å²) in [4.78, 5) is 5.01. The summed E-state index contributed by atoms with van der Waals surface area (Å²) in [7, 11) is 0. The molecule has 1 aromatic carbocycles. The molecular formula is C11H7BrF3NOS. The van der Waals surface area contributed by atoms with E-state index in [1.165, 1.54) is 23.5 Å². The normalized spacial score (nSPS) is 11.6. The SMILES string of the molecule is Cc1sc(Oc2ccc(C(F)(F)F)cc2)nc1Br. The van der Waals surface area contributed by atoms with Crippen LogP contribution in [0.2, 0.25) is 0 Å². The Labute approximate surface area is 114 Å². The maximum Gasteiger partial charge on any atom is 0.416 e. The number of ether oxygens (including phenoxy) is 1. The Balaban J connectivity index is 2.16. The van der Waals surface area contributed by atoms with E-state index in [9.17, 15) is 13.2 Å². The molecule has 0 aliphatic rings. The Hall–Kier alpha value is -1.08. The van der Waals surface area contributed by atoms with Crippen molar-refractivity contribution >= 4 is 27.3 Å². The molecular weight excluding hydrogens is 331 g/mol. The van der Waals surface area contributed by atoms with Gasteiger partial charge in [-0.3, -0.25) is 0 Å². The number of aryl methyl sites for hydroxylation is 1. The number of thiazole rings is 1. The van der Waals surface area contributed by atoms with Gasteiger partial charge in [0.2, 0.25) is 0 Å². The molecule has 2 rings (SSSR count). The minimum Gasteiger partial charge on any atom is -0.431 e. The highest BCUT2D eigenvalue weighted by molar-refractivity contribution is 9.10. The lowest BCUT2D eigenvalue weighted by atomic mass is 10.2. The summed E-state index contributed by atoms with van der Waals surface area (Å²) in [6, 6.07) is 4.50. The molecule has 0 spiro atoms. The summed E-state index contributed by atoms with van der Waals surface area (Å²) in [5.41, 5.74) is -0.702. The van der Waals surface area contributed by atoms with E-state index in [4.69, 9.17) is 4.74 Å². The predicted molar refractivity (Wildman–Crippen MR) is 66.1 cm³/mol. The Morgan fingerprint density at radius 2 is 1.83 bits per heavy atom. The average molecular weight is 338 g/mol. The van der Waals surface area contributed by atoms with E-state index in [0.717, 1.165) is 17.0 Å². The fourth-order valence-electron chi connectivity index (χ4n) is 1.21. The molecule has 0 bridgehead atoms. The van der Waals surface area contributed by atoms with Crippen molar-refractivity contribution in [3.05, 3.63) is 39.3 Å². The Morgan fingerprint density at radius 3 is 2.28 bits per heavy atom. The monoisotopic (exact) mass is 337 g/mol. The molecule has 0 fully saturated rings. The van der Waals surface area contributed by atoms with Crippen LogP contribution in [0.4, 0.5) is 13.2 Å². The molecule has 7 heteroatoms. The van der Waals surface area contributed by atoms with E-state index in [1.54, 1.807) is 0 Å². The van der Waals surface area contributed by atoms with Gasteiger partial charge in [-0.1, -0.05) is 11.3 Å². The molecule has 1 aromatic heterocycles. The van der Waals surface area contributed by atoms with Gasteiger partial charge in [-0.15, -0.1) is 0 Å². The molecule has 0 atom stereocenters. The average Bonchev–Trinajstić information content (AvgIpc) is 2.57. The summed E-state index contributed by atoms with van der Waals surface area (Å²) in [5, 5.41) is 0.388. The van der Waals surface area contributed by atoms with Crippen LogP contribution in [0.5, 0.6) is 10.9 Å². The third-order valence-corrected chi connectivity index (χ3v) is 3.99. The zero-order valence-electron chi connectivity index (χ0n) is 9.08. The smallest absolute Gasteiger partial charge is 0.416 e. The number of aromatic nitrogens is 1. The molecule has 0 saturated carbocycles. The van der Waals surface area contributed by atoms with E-state index in [-0.39, 0.29) is 0 Å². The first-order valence-corrected chi connectivity index (χ1v) is 6.45. The van der Waals surface area contributed by atoms with Crippen LogP contribution >= 0.6 is 27.3 Å². The highest BCUT2D eigenvalue weighted by Gasteiger charge is 2.30. The highest BCUT2D eigenvalue weighted by atomic mass is 79.9. The van der Waals surface area contributed by atoms with Crippen LogP contribution in [0.1, 0.15) is 10.4 Å². The number of rotatable bonds is 2. The standard InChI is InChI=1S/C11H7BrF3NOS/c1-6-9(12)16-10(18-6)17-8-4-2-7(3-5-8)11(13,14)15/h2-5H,1H3. The van der Waals surface area contributed by atoms with Crippen molar-refractivity contribution < 1.29 is 17.9 Å². The van der Waals surface area contributed by atoms with E-state index in [0.29, 0.717) is 15.5 Å². The maximum atomic E-state index is 12.3. The number of alkyl halides is 3. The lowest BCUT2D eigenvalue weighted by molar-refractivity contribution is -0.137. The lowest BCUT2D eigenvalue weighted by Crippen LogP contribution is -2.03. The van der Waals surface area contributed by atoms with Crippen molar-refractivity contribution in [2.24, 2.45) is 0 Å². The van der Waals surface area contributed by atoms with Crippen LogP contribution < -0.4 is 4.74 Å². The van der Waals surface area contributed by atoms with Crippen molar-refractivity contribution in [1.82, 2.24) is 4.98 Å². The predicted octanol–water partition coefficient (Wildman–Crippen LogP) is 5.03. The van der Waals surface area contributed by atoms with Gasteiger partial charge in [0.25, 0.3) is 5.19 Å². The van der Waals surface area contributed by atoms with Crippen molar-refractivity contribution in [3.8, 4) is 10.9 Å². The van der Waals surface area contributed by atoms with E-state index < -0.39 is 11.7 Å². The summed E-state index contributed by atoms with van der Waals surface area (Å²) in [6.45, 7) is 1.86. The van der Waals surface area contributed by atoms with Gasteiger partial charge >= 0.3 is 6.18 Å². The zero-order chi connectivity index (χ0) is 13.3. The number of halogens is 4. The van der Waals surface area contributed by atoms with Gasteiger partial charge in [0.15, 0.2) is 0 Å². The first-order chi connectivity index (χ1) is 8.36. The van der Waals surface area contributed by atoms with Gasteiger partial charge in [-0.05, 0) is 47.1 Å². The van der Waals surface area contributed by atoms with Gasteiger partial charge in [-0.25, -0.2) is 0 Å². The molecule has 2 nitrogen and oxygen atoms in total. The van der Waals surface area contributed by atoms with Crippen LogP contribution in [0.15, 0.2) is 28.9 Å². The molecule has 0 radical (unpaired) electrons. The van der Waals surface area contributed by atoms with E-state index in [2.05, 4.69) is 20.9 Å². The molecule has 96 valence electrons. The van der Waals surface area contributed by atoms with Crippen LogP contribution in [0.25, 0.3) is 0 Å². The van der Waals surface area contributed by atoms with Crippen molar-refractivity contribution in [3.63, 3.8) is 0 Å². The maximum absolute atomic E-state index is 12.3. The first kappa shape index (κ1) is 13.4. The zero-order valence-corrected chi connectivity index (χ0v) is 11.5.